The Kier molecular flexibility index (Phi) is 6.96. The summed E-state index contributed by atoms with van der Waals surface area (Å²) < 4.78 is 60.1. The minimum Gasteiger partial charge on any atom is -0.382 e. The number of nitrogens with two attached hydrogens (primary N) is 1. The van der Waals surface area contributed by atoms with Crippen LogP contribution in [0.2, 0.25) is 0 Å². The summed E-state index contributed by atoms with van der Waals surface area (Å²) in [6.07, 6.45) is 1.15. The van der Waals surface area contributed by atoms with E-state index in [0.29, 0.717) is 22.6 Å². The number of hydrogen-bond donors (Lipinski definition) is 3. The minimum absolute atomic E-state index is 0.0404. The molecule has 1 unspecified atom stereocenters. The second kappa shape index (κ2) is 10.7. The van der Waals surface area contributed by atoms with E-state index < -0.39 is 51.4 Å². The maximum absolute atomic E-state index is 15.0. The number of nitrogens with one attached hydrogen (secondary N) is 1. The molecule has 2 aliphatic rings. The van der Waals surface area contributed by atoms with E-state index in [1.54, 1.807) is 4.57 Å². The van der Waals surface area contributed by atoms with E-state index in [1.165, 1.54) is 47.5 Å². The van der Waals surface area contributed by atoms with Gasteiger partial charge in [0.25, 0.3) is 5.56 Å². The van der Waals surface area contributed by atoms with E-state index in [9.17, 15) is 18.6 Å². The third-order valence-corrected chi connectivity index (χ3v) is 8.40. The van der Waals surface area contributed by atoms with Crippen molar-refractivity contribution in [2.24, 2.45) is 0 Å². The smallest absolute Gasteiger partial charge is 0.382 e. The fourth-order valence-electron chi connectivity index (χ4n) is 5.42. The highest BCUT2D eigenvalue weighted by molar-refractivity contribution is 7.47. The number of fused-ring (bicyclic) bond motifs is 3. The summed E-state index contributed by atoms with van der Waals surface area (Å²) in [5, 5.41) is 0. The van der Waals surface area contributed by atoms with E-state index >= 15 is 0 Å². The summed E-state index contributed by atoms with van der Waals surface area (Å²) in [4.78, 5) is 46.8. The Bertz CT molecular complexity index is 1910. The molecule has 5 aromatic rings. The van der Waals surface area contributed by atoms with E-state index in [1.807, 2.05) is 0 Å². The molecule has 2 aliphatic heterocycles. The molecule has 7 rings (SSSR count). The van der Waals surface area contributed by atoms with Crippen molar-refractivity contribution < 1.29 is 37.1 Å². The fraction of sp³-hybridized carbons (Fsp3) is 0.478. The van der Waals surface area contributed by atoms with Crippen LogP contribution in [0.1, 0.15) is 25.3 Å². The van der Waals surface area contributed by atoms with Crippen LogP contribution < -0.4 is 11.3 Å². The maximum atomic E-state index is 15.0. The number of hydrogen-bond acceptors (Lipinski definition) is 13. The van der Waals surface area contributed by atoms with E-state index in [4.69, 9.17) is 29.0 Å². The van der Waals surface area contributed by atoms with Crippen molar-refractivity contribution >= 4 is 41.7 Å². The van der Waals surface area contributed by atoms with Gasteiger partial charge in [-0.1, -0.05) is 0 Å². The number of methoxy groups -OCH3 is 1. The Labute approximate surface area is 240 Å². The third kappa shape index (κ3) is 4.97. The number of phosphoric ester groups is 1. The normalized spacial score (nSPS) is 27.5. The number of phosphoric acid groups is 1. The highest BCUT2D eigenvalue weighted by atomic mass is 31.2. The van der Waals surface area contributed by atoms with Crippen LogP contribution in [0.15, 0.2) is 36.2 Å². The van der Waals surface area contributed by atoms with Crippen LogP contribution in [0.4, 0.5) is 10.2 Å². The number of imidazole rings is 3. The molecule has 5 aromatic heterocycles. The van der Waals surface area contributed by atoms with Crippen molar-refractivity contribution in [3.63, 3.8) is 0 Å². The average Bonchev–Trinajstić information content (AvgIpc) is 3.79. The lowest BCUT2D eigenvalue weighted by molar-refractivity contribution is -0.0570. The first-order valence-electron chi connectivity index (χ1n) is 13.2. The van der Waals surface area contributed by atoms with E-state index in [0.717, 1.165) is 0 Å². The van der Waals surface area contributed by atoms with Gasteiger partial charge in [0.05, 0.1) is 32.0 Å². The lowest BCUT2D eigenvalue weighted by Gasteiger charge is -2.21. The van der Waals surface area contributed by atoms with Crippen LogP contribution in [0.25, 0.3) is 28.1 Å². The second-order valence-corrected chi connectivity index (χ2v) is 11.5. The molecule has 4 N–H and O–H groups in total. The molecule has 0 radical (unpaired) electrons. The Hall–Kier alpha value is -3.84. The molecule has 0 spiro atoms. The number of ether oxygens (including phenoxy) is 3. The van der Waals surface area contributed by atoms with Crippen molar-refractivity contribution in [2.45, 2.75) is 49.8 Å². The zero-order chi connectivity index (χ0) is 29.9. The quantitative estimate of drug-likeness (QED) is 0.195. The molecule has 7 atom stereocenters. The highest BCUT2D eigenvalue weighted by Crippen LogP contribution is 2.49. The summed E-state index contributed by atoms with van der Waals surface area (Å²) in [7, 11) is -3.22. The number of anilines is 1. The Balaban J connectivity index is 1.03. The predicted molar refractivity (Wildman–Crippen MR) is 143 cm³/mol. The van der Waals surface area contributed by atoms with Gasteiger partial charge in [-0.3, -0.25) is 23.0 Å². The summed E-state index contributed by atoms with van der Waals surface area (Å²) >= 11 is 0. The van der Waals surface area contributed by atoms with Gasteiger partial charge in [-0.25, -0.2) is 38.3 Å². The summed E-state index contributed by atoms with van der Waals surface area (Å²) in [6.45, 7) is -0.382. The van der Waals surface area contributed by atoms with Crippen molar-refractivity contribution in [3.8, 4) is 0 Å². The topological polar surface area (TPSA) is 221 Å². The molecular weight excluding hydrogens is 594 g/mol. The second-order valence-electron chi connectivity index (χ2n) is 10.1. The molecule has 20 heteroatoms. The number of nitrogen functional groups attached to an aromatic ring is 1. The molecule has 2 fully saturated rings. The molecule has 0 saturated carbocycles. The van der Waals surface area contributed by atoms with Crippen molar-refractivity contribution in [1.29, 1.82) is 0 Å². The standard InChI is InChI=1S/C23H26FN10O8P/c1-38-7-14-13(5-15(41-14)33-9-30-17-20(33)31-23-26-2-3-32(23)21(17)35)42-43(36,37)39-6-11-4-12(24)22(40-11)34-10-29-16-18(25)27-8-28-19(16)34/h2-3,8-15,22H,4-7H2,1H3,(H,26,31)(H,36,37)(H2,25,27,28)/t11-,12+,13-,14+,15+,22+/m0/s1. The van der Waals surface area contributed by atoms with Crippen LogP contribution >= 0.6 is 7.82 Å². The van der Waals surface area contributed by atoms with Gasteiger partial charge in [0.15, 0.2) is 23.2 Å². The van der Waals surface area contributed by atoms with Crippen LogP contribution in [-0.4, -0.2) is 93.1 Å². The van der Waals surface area contributed by atoms with Crippen molar-refractivity contribution in [2.75, 3.05) is 26.1 Å². The lowest BCUT2D eigenvalue weighted by Crippen LogP contribution is -2.28. The molecule has 0 aromatic carbocycles. The zero-order valence-corrected chi connectivity index (χ0v) is 23.4. The average molecular weight is 620 g/mol. The van der Waals surface area contributed by atoms with Crippen LogP contribution in [0.5, 0.6) is 0 Å². The molecule has 0 amide bonds. The van der Waals surface area contributed by atoms with Gasteiger partial charge in [-0.05, 0) is 0 Å². The van der Waals surface area contributed by atoms with Gasteiger partial charge in [-0.2, -0.15) is 0 Å². The van der Waals surface area contributed by atoms with Gasteiger partial charge >= 0.3 is 7.82 Å². The fourth-order valence-corrected chi connectivity index (χ4v) is 6.40. The Morgan fingerprint density at radius 2 is 1.95 bits per heavy atom. The monoisotopic (exact) mass is 620 g/mol. The van der Waals surface area contributed by atoms with Gasteiger partial charge in [0.2, 0.25) is 5.78 Å². The maximum Gasteiger partial charge on any atom is 0.472 e. The lowest BCUT2D eigenvalue weighted by atomic mass is 10.2. The first kappa shape index (κ1) is 28.0. The number of aromatic nitrogens is 9. The van der Waals surface area contributed by atoms with E-state index in [-0.39, 0.29) is 36.3 Å². The van der Waals surface area contributed by atoms with Crippen molar-refractivity contribution in [3.05, 3.63) is 41.7 Å². The third-order valence-electron chi connectivity index (χ3n) is 7.39. The van der Waals surface area contributed by atoms with Crippen molar-refractivity contribution in [1.82, 2.24) is 43.4 Å². The van der Waals surface area contributed by atoms with Crippen LogP contribution in [0.3, 0.4) is 0 Å². The van der Waals surface area contributed by atoms with Crippen LogP contribution in [0, 0.1) is 0 Å². The van der Waals surface area contributed by atoms with Gasteiger partial charge < -0.3 is 29.8 Å². The predicted octanol–water partition coefficient (Wildman–Crippen LogP) is 0.856. The molecule has 0 bridgehead atoms. The first-order valence-corrected chi connectivity index (χ1v) is 14.7. The summed E-state index contributed by atoms with van der Waals surface area (Å²) in [5.41, 5.74) is 6.57. The number of halogens is 1. The molecule has 7 heterocycles. The van der Waals surface area contributed by atoms with E-state index in [2.05, 4.69) is 29.9 Å². The molecule has 43 heavy (non-hydrogen) atoms. The largest absolute Gasteiger partial charge is 0.472 e. The molecule has 228 valence electrons. The van der Waals surface area contributed by atoms with Gasteiger partial charge in [0.1, 0.15) is 42.1 Å². The minimum atomic E-state index is -4.67. The Morgan fingerprint density at radius 1 is 1.14 bits per heavy atom. The number of aromatic amines is 1. The highest BCUT2D eigenvalue weighted by Gasteiger charge is 2.44. The molecular formula is C23H26FN10O8P. The summed E-state index contributed by atoms with van der Waals surface area (Å²) in [6, 6.07) is 0. The number of nitrogens with zero attached hydrogens (tertiary/aromatic N) is 8. The number of H-pyrrole nitrogens is 1. The first-order chi connectivity index (χ1) is 20.7. The Morgan fingerprint density at radius 3 is 2.79 bits per heavy atom. The van der Waals surface area contributed by atoms with Gasteiger partial charge in [-0.15, -0.1) is 0 Å². The van der Waals surface area contributed by atoms with Gasteiger partial charge in [0, 0.05) is 32.3 Å². The molecule has 18 nitrogen and oxygen atoms in total. The zero-order valence-electron chi connectivity index (χ0n) is 22.5. The SMILES string of the molecule is COC[C@H]1O[C@@H](n2cnc3c(=O)n4ccnc4[nH]c32)C[C@@H]1OP(=O)(O)OC[C@@H]1C[C@@H](F)[C@H](n2cnc3c(N)ncnc32)O1. The molecule has 0 aliphatic carbocycles. The molecule has 2 saturated heterocycles. The summed E-state index contributed by atoms with van der Waals surface area (Å²) in [5.74, 6) is 0.461. The number of alkyl halides is 1. The van der Waals surface area contributed by atoms with Crippen LogP contribution in [-0.2, 0) is 27.8 Å². The number of rotatable bonds is 9.